The lowest BCUT2D eigenvalue weighted by atomic mass is 10.0. The molecule has 0 aliphatic rings. The van der Waals surface area contributed by atoms with E-state index in [1.165, 1.54) is 12.8 Å². The summed E-state index contributed by atoms with van der Waals surface area (Å²) in [6.45, 7) is 6.57. The quantitative estimate of drug-likeness (QED) is 0.777. The van der Waals surface area contributed by atoms with Gasteiger partial charge >= 0.3 is 0 Å². The van der Waals surface area contributed by atoms with Crippen molar-refractivity contribution >= 4 is 11.7 Å². The smallest absolute Gasteiger partial charge is 0.269 e. The van der Waals surface area contributed by atoms with Gasteiger partial charge in [0.2, 0.25) is 0 Å². The monoisotopic (exact) mass is 250 g/mol. The summed E-state index contributed by atoms with van der Waals surface area (Å²) >= 11 is 0. The number of carbonyl (C=O) groups is 1. The Bertz CT molecular complexity index is 375. The van der Waals surface area contributed by atoms with Crippen molar-refractivity contribution in [2.45, 2.75) is 46.1 Å². The van der Waals surface area contributed by atoms with E-state index in [9.17, 15) is 4.79 Å². The molecule has 0 radical (unpaired) electrons. The van der Waals surface area contributed by atoms with Crippen molar-refractivity contribution in [2.24, 2.45) is 11.7 Å². The van der Waals surface area contributed by atoms with Gasteiger partial charge in [0, 0.05) is 6.04 Å². The van der Waals surface area contributed by atoms with Crippen molar-refractivity contribution in [1.29, 1.82) is 0 Å². The highest BCUT2D eigenvalue weighted by atomic mass is 16.1. The highest BCUT2D eigenvalue weighted by Gasteiger charge is 2.06. The second-order valence-corrected chi connectivity index (χ2v) is 5.04. The molecule has 0 spiro atoms. The van der Waals surface area contributed by atoms with Crippen LogP contribution < -0.4 is 11.1 Å². The van der Waals surface area contributed by atoms with E-state index in [-0.39, 0.29) is 5.69 Å². The molecule has 1 aromatic heterocycles. The topological polar surface area (TPSA) is 80.9 Å². The van der Waals surface area contributed by atoms with Crippen molar-refractivity contribution in [2.75, 3.05) is 5.32 Å². The number of amides is 1. The molecule has 1 amide bonds. The number of primary amides is 1. The number of hydrogen-bond acceptors (Lipinski definition) is 4. The van der Waals surface area contributed by atoms with E-state index in [0.717, 1.165) is 12.3 Å². The van der Waals surface area contributed by atoms with E-state index < -0.39 is 5.91 Å². The fourth-order valence-electron chi connectivity index (χ4n) is 1.70. The van der Waals surface area contributed by atoms with Crippen LogP contribution in [0, 0.1) is 5.92 Å². The Morgan fingerprint density at radius 3 is 2.50 bits per heavy atom. The van der Waals surface area contributed by atoms with Gasteiger partial charge in [0.25, 0.3) is 5.91 Å². The normalized spacial score (nSPS) is 12.4. The van der Waals surface area contributed by atoms with Gasteiger partial charge in [-0.1, -0.05) is 26.7 Å². The molecule has 0 fully saturated rings. The van der Waals surface area contributed by atoms with Gasteiger partial charge in [0.05, 0.1) is 0 Å². The fraction of sp³-hybridized carbons (Fsp3) is 0.615. The van der Waals surface area contributed by atoms with Crippen molar-refractivity contribution < 1.29 is 4.79 Å². The zero-order valence-corrected chi connectivity index (χ0v) is 11.3. The van der Waals surface area contributed by atoms with E-state index in [1.807, 2.05) is 0 Å². The highest BCUT2D eigenvalue weighted by Crippen LogP contribution is 2.11. The van der Waals surface area contributed by atoms with Crippen LogP contribution in [0.3, 0.4) is 0 Å². The van der Waals surface area contributed by atoms with E-state index in [1.54, 1.807) is 12.1 Å². The lowest BCUT2D eigenvalue weighted by molar-refractivity contribution is 0.0994. The standard InChI is InChI=1S/C13H22N4O/c1-9(2)5-4-6-10(3)15-12-8-7-11(13(14)18)16-17-12/h7-10H,4-6H2,1-3H3,(H2,14,18)(H,15,17). The molecule has 3 N–H and O–H groups in total. The molecular weight excluding hydrogens is 228 g/mol. The number of rotatable bonds is 7. The molecule has 0 saturated carbocycles. The van der Waals surface area contributed by atoms with Crippen molar-refractivity contribution in [3.05, 3.63) is 17.8 Å². The Morgan fingerprint density at radius 1 is 1.28 bits per heavy atom. The van der Waals surface area contributed by atoms with E-state index >= 15 is 0 Å². The molecule has 1 unspecified atom stereocenters. The van der Waals surface area contributed by atoms with Gasteiger partial charge in [-0.25, -0.2) is 0 Å². The first-order valence-electron chi connectivity index (χ1n) is 6.39. The summed E-state index contributed by atoms with van der Waals surface area (Å²) in [5.41, 5.74) is 5.29. The number of nitrogens with zero attached hydrogens (tertiary/aromatic N) is 2. The SMILES string of the molecule is CC(C)CCCC(C)Nc1ccc(C(N)=O)nn1. The fourth-order valence-corrected chi connectivity index (χ4v) is 1.70. The minimum atomic E-state index is -0.556. The number of anilines is 1. The highest BCUT2D eigenvalue weighted by molar-refractivity contribution is 5.90. The number of nitrogens with one attached hydrogen (secondary N) is 1. The third kappa shape index (κ3) is 5.12. The summed E-state index contributed by atoms with van der Waals surface area (Å²) < 4.78 is 0. The molecule has 5 heteroatoms. The number of nitrogens with two attached hydrogens (primary N) is 1. The Morgan fingerprint density at radius 2 is 2.00 bits per heavy atom. The summed E-state index contributed by atoms with van der Waals surface area (Å²) in [6, 6.07) is 3.65. The van der Waals surface area contributed by atoms with Crippen molar-refractivity contribution in [3.63, 3.8) is 0 Å². The second-order valence-electron chi connectivity index (χ2n) is 5.04. The summed E-state index contributed by atoms with van der Waals surface area (Å²) in [6.07, 6.45) is 3.52. The lowest BCUT2D eigenvalue weighted by Crippen LogP contribution is -2.18. The molecule has 0 saturated heterocycles. The maximum absolute atomic E-state index is 10.8. The molecule has 1 heterocycles. The summed E-state index contributed by atoms with van der Waals surface area (Å²) in [5.74, 6) is 0.864. The van der Waals surface area contributed by atoms with Crippen molar-refractivity contribution in [3.8, 4) is 0 Å². The van der Waals surface area contributed by atoms with Crippen LogP contribution in [0.25, 0.3) is 0 Å². The largest absolute Gasteiger partial charge is 0.366 e. The molecular formula is C13H22N4O. The van der Waals surface area contributed by atoms with Gasteiger partial charge in [-0.15, -0.1) is 10.2 Å². The number of carbonyl (C=O) groups excluding carboxylic acids is 1. The van der Waals surface area contributed by atoms with Crippen LogP contribution in [-0.2, 0) is 0 Å². The van der Waals surface area contributed by atoms with Crippen LogP contribution >= 0.6 is 0 Å². The molecule has 18 heavy (non-hydrogen) atoms. The zero-order chi connectivity index (χ0) is 13.5. The van der Waals surface area contributed by atoms with Crippen molar-refractivity contribution in [1.82, 2.24) is 10.2 Å². The van der Waals surface area contributed by atoms with E-state index in [4.69, 9.17) is 5.73 Å². The average Bonchev–Trinajstić information content (AvgIpc) is 2.29. The zero-order valence-electron chi connectivity index (χ0n) is 11.3. The molecule has 0 aromatic carbocycles. The van der Waals surface area contributed by atoms with Crippen LogP contribution in [0.4, 0.5) is 5.82 Å². The van der Waals surface area contributed by atoms with Gasteiger partial charge in [0.15, 0.2) is 5.69 Å². The minimum absolute atomic E-state index is 0.188. The maximum Gasteiger partial charge on any atom is 0.269 e. The second kappa shape index (κ2) is 6.93. The summed E-state index contributed by atoms with van der Waals surface area (Å²) in [5, 5.41) is 10.9. The Balaban J connectivity index is 2.39. The first kappa shape index (κ1) is 14.4. The summed E-state index contributed by atoms with van der Waals surface area (Å²) in [4.78, 5) is 10.8. The first-order chi connectivity index (χ1) is 8.49. The third-order valence-corrected chi connectivity index (χ3v) is 2.73. The first-order valence-corrected chi connectivity index (χ1v) is 6.39. The molecule has 0 bridgehead atoms. The van der Waals surface area contributed by atoms with Gasteiger partial charge in [0.1, 0.15) is 5.82 Å². The molecule has 0 aliphatic heterocycles. The van der Waals surface area contributed by atoms with Gasteiger partial charge in [-0.3, -0.25) is 4.79 Å². The maximum atomic E-state index is 10.8. The molecule has 0 aliphatic carbocycles. The molecule has 1 aromatic rings. The number of hydrogen-bond donors (Lipinski definition) is 2. The van der Waals surface area contributed by atoms with Crippen LogP contribution in [0.15, 0.2) is 12.1 Å². The van der Waals surface area contributed by atoms with Gasteiger partial charge < -0.3 is 11.1 Å². The molecule has 1 atom stereocenters. The molecule has 100 valence electrons. The molecule has 1 rings (SSSR count). The Hall–Kier alpha value is -1.65. The van der Waals surface area contributed by atoms with Gasteiger partial charge in [-0.2, -0.15) is 0 Å². The van der Waals surface area contributed by atoms with E-state index in [2.05, 4.69) is 36.3 Å². The van der Waals surface area contributed by atoms with E-state index in [0.29, 0.717) is 11.9 Å². The Kier molecular flexibility index (Phi) is 5.55. The van der Waals surface area contributed by atoms with Crippen LogP contribution in [0.1, 0.15) is 50.5 Å². The third-order valence-electron chi connectivity index (χ3n) is 2.73. The Labute approximate surface area is 108 Å². The van der Waals surface area contributed by atoms with Crippen LogP contribution in [-0.4, -0.2) is 22.1 Å². The van der Waals surface area contributed by atoms with Gasteiger partial charge in [-0.05, 0) is 31.4 Å². The average molecular weight is 250 g/mol. The lowest BCUT2D eigenvalue weighted by Gasteiger charge is -2.14. The molecule has 5 nitrogen and oxygen atoms in total. The minimum Gasteiger partial charge on any atom is -0.366 e. The predicted molar refractivity (Wildman–Crippen MR) is 72.3 cm³/mol. The van der Waals surface area contributed by atoms with Crippen LogP contribution in [0.5, 0.6) is 0 Å². The van der Waals surface area contributed by atoms with Crippen LogP contribution in [0.2, 0.25) is 0 Å². The number of aromatic nitrogens is 2. The predicted octanol–water partition coefficient (Wildman–Crippen LogP) is 2.20. The summed E-state index contributed by atoms with van der Waals surface area (Å²) in [7, 11) is 0.